The van der Waals surface area contributed by atoms with E-state index < -0.39 is 0 Å². The quantitative estimate of drug-likeness (QED) is 0.259. The summed E-state index contributed by atoms with van der Waals surface area (Å²) in [5, 5.41) is 3.12. The summed E-state index contributed by atoms with van der Waals surface area (Å²) in [5.74, 6) is 5.96. The summed E-state index contributed by atoms with van der Waals surface area (Å²) in [6, 6.07) is 0.171. The Hall–Kier alpha value is -0.850. The van der Waals surface area contributed by atoms with Crippen LogP contribution < -0.4 is 16.6 Å². The minimum absolute atomic E-state index is 0.171. The fourth-order valence-corrected chi connectivity index (χ4v) is 1.64. The van der Waals surface area contributed by atoms with Crippen molar-refractivity contribution in [1.82, 2.24) is 10.7 Å². The molecule has 94 valence electrons. The molecule has 4 N–H and O–H groups in total. The number of rotatable bonds is 5. The second kappa shape index (κ2) is 7.43. The van der Waals surface area contributed by atoms with Crippen molar-refractivity contribution in [3.05, 3.63) is 0 Å². The van der Waals surface area contributed by atoms with Crippen LogP contribution in [-0.2, 0) is 9.47 Å². The van der Waals surface area contributed by atoms with Crippen LogP contribution in [0.25, 0.3) is 0 Å². The highest BCUT2D eigenvalue weighted by Gasteiger charge is 2.15. The number of guanidine groups is 1. The first-order chi connectivity index (χ1) is 7.76. The largest absolute Gasteiger partial charge is 0.383 e. The molecule has 1 saturated heterocycles. The molecule has 0 aromatic rings. The van der Waals surface area contributed by atoms with Gasteiger partial charge >= 0.3 is 0 Å². The molecule has 1 fully saturated rings. The van der Waals surface area contributed by atoms with Crippen LogP contribution in [0, 0.1) is 0 Å². The Morgan fingerprint density at radius 3 is 3.06 bits per heavy atom. The van der Waals surface area contributed by atoms with E-state index in [2.05, 4.69) is 15.7 Å². The molecule has 0 aromatic carbocycles. The van der Waals surface area contributed by atoms with E-state index in [1.165, 1.54) is 0 Å². The van der Waals surface area contributed by atoms with Crippen molar-refractivity contribution in [2.24, 2.45) is 10.8 Å². The van der Waals surface area contributed by atoms with E-state index in [4.69, 9.17) is 15.3 Å². The van der Waals surface area contributed by atoms with Crippen molar-refractivity contribution in [2.45, 2.75) is 31.9 Å². The number of nitrogens with one attached hydrogen (secondary N) is 2. The number of hydrogen-bond acceptors (Lipinski definition) is 4. The number of ether oxygens (including phenoxy) is 2. The van der Waals surface area contributed by atoms with Crippen molar-refractivity contribution in [3.63, 3.8) is 0 Å². The molecule has 2 unspecified atom stereocenters. The lowest BCUT2D eigenvalue weighted by Crippen LogP contribution is -2.47. The molecule has 0 aromatic heterocycles. The number of hydrogen-bond donors (Lipinski definition) is 3. The van der Waals surface area contributed by atoms with E-state index in [1.54, 1.807) is 7.11 Å². The minimum Gasteiger partial charge on any atom is -0.383 e. The van der Waals surface area contributed by atoms with E-state index in [1.807, 2.05) is 6.92 Å². The molecule has 0 saturated carbocycles. The second-order valence-corrected chi connectivity index (χ2v) is 3.97. The molecule has 2 atom stereocenters. The van der Waals surface area contributed by atoms with Crippen LogP contribution in [0.5, 0.6) is 0 Å². The fraction of sp³-hybridized carbons (Fsp3) is 0.900. The predicted octanol–water partition coefficient (Wildman–Crippen LogP) is -0.391. The normalized spacial score (nSPS) is 23.2. The monoisotopic (exact) mass is 230 g/mol. The van der Waals surface area contributed by atoms with E-state index in [0.717, 1.165) is 19.4 Å². The second-order valence-electron chi connectivity index (χ2n) is 3.97. The van der Waals surface area contributed by atoms with Gasteiger partial charge in [-0.05, 0) is 19.8 Å². The van der Waals surface area contributed by atoms with Gasteiger partial charge in [0.2, 0.25) is 5.96 Å². The lowest BCUT2D eigenvalue weighted by molar-refractivity contribution is 0.117. The highest BCUT2D eigenvalue weighted by molar-refractivity contribution is 5.79. The van der Waals surface area contributed by atoms with Crippen LogP contribution in [0.4, 0.5) is 0 Å². The third kappa shape index (κ3) is 4.78. The Balaban J connectivity index is 2.30. The Labute approximate surface area is 96.6 Å². The molecular formula is C10H22N4O2. The molecule has 6 nitrogen and oxygen atoms in total. The number of methoxy groups -OCH3 is 1. The van der Waals surface area contributed by atoms with Crippen molar-refractivity contribution in [3.8, 4) is 0 Å². The molecule has 6 heteroatoms. The summed E-state index contributed by atoms with van der Waals surface area (Å²) >= 11 is 0. The van der Waals surface area contributed by atoms with Gasteiger partial charge in [-0.2, -0.15) is 0 Å². The van der Waals surface area contributed by atoms with Crippen LogP contribution in [0.15, 0.2) is 4.99 Å². The third-order valence-corrected chi connectivity index (χ3v) is 2.41. The van der Waals surface area contributed by atoms with Crippen molar-refractivity contribution in [2.75, 3.05) is 26.9 Å². The molecular weight excluding hydrogens is 208 g/mol. The van der Waals surface area contributed by atoms with Gasteiger partial charge in [-0.15, -0.1) is 0 Å². The lowest BCUT2D eigenvalue weighted by Gasteiger charge is -2.16. The van der Waals surface area contributed by atoms with E-state index in [-0.39, 0.29) is 12.1 Å². The number of aliphatic imine (C=N–C) groups is 1. The molecule has 0 spiro atoms. The third-order valence-electron chi connectivity index (χ3n) is 2.41. The topological polar surface area (TPSA) is 80.9 Å². The van der Waals surface area contributed by atoms with Crippen LogP contribution in [-0.4, -0.2) is 45.0 Å². The maximum atomic E-state index is 5.47. The van der Waals surface area contributed by atoms with Crippen molar-refractivity contribution >= 4 is 5.96 Å². The van der Waals surface area contributed by atoms with Gasteiger partial charge < -0.3 is 14.8 Å². The average molecular weight is 230 g/mol. The molecule has 0 bridgehead atoms. The number of nitrogens with two attached hydrogens (primary N) is 1. The first-order valence-corrected chi connectivity index (χ1v) is 5.64. The Bertz CT molecular complexity index is 217. The van der Waals surface area contributed by atoms with Gasteiger partial charge in [0.15, 0.2) is 0 Å². The zero-order valence-electron chi connectivity index (χ0n) is 10.0. The number of hydrazine groups is 1. The first-order valence-electron chi connectivity index (χ1n) is 5.64. The Morgan fingerprint density at radius 2 is 2.50 bits per heavy atom. The molecule has 1 rings (SSSR count). The first kappa shape index (κ1) is 13.2. The van der Waals surface area contributed by atoms with Gasteiger partial charge in [-0.25, -0.2) is 10.8 Å². The molecule has 0 radical (unpaired) electrons. The Morgan fingerprint density at radius 1 is 1.69 bits per heavy atom. The highest BCUT2D eigenvalue weighted by atomic mass is 16.5. The van der Waals surface area contributed by atoms with Gasteiger partial charge in [-0.1, -0.05) is 0 Å². The summed E-state index contributed by atoms with van der Waals surface area (Å²) in [6.45, 7) is 4.11. The van der Waals surface area contributed by atoms with Gasteiger partial charge in [-0.3, -0.25) is 5.43 Å². The van der Waals surface area contributed by atoms with Crippen molar-refractivity contribution in [1.29, 1.82) is 0 Å². The summed E-state index contributed by atoms with van der Waals surface area (Å²) in [5.41, 5.74) is 2.54. The van der Waals surface area contributed by atoms with E-state index >= 15 is 0 Å². The summed E-state index contributed by atoms with van der Waals surface area (Å²) < 4.78 is 10.5. The fourth-order valence-electron chi connectivity index (χ4n) is 1.64. The lowest BCUT2D eigenvalue weighted by atomic mass is 10.2. The minimum atomic E-state index is 0.171. The van der Waals surface area contributed by atoms with Gasteiger partial charge in [0.1, 0.15) is 0 Å². The molecule has 1 aliphatic rings. The maximum Gasteiger partial charge on any atom is 0.206 e. The number of nitrogens with zero attached hydrogens (tertiary/aromatic N) is 1. The van der Waals surface area contributed by atoms with Gasteiger partial charge in [0.05, 0.1) is 19.3 Å². The zero-order valence-corrected chi connectivity index (χ0v) is 10.0. The summed E-state index contributed by atoms with van der Waals surface area (Å²) in [7, 11) is 1.66. The highest BCUT2D eigenvalue weighted by Crippen LogP contribution is 2.11. The zero-order chi connectivity index (χ0) is 11.8. The molecule has 1 heterocycles. The van der Waals surface area contributed by atoms with Gasteiger partial charge in [0.25, 0.3) is 0 Å². The Kier molecular flexibility index (Phi) is 6.14. The average Bonchev–Trinajstić information content (AvgIpc) is 2.77. The standard InChI is InChI=1S/C10H22N4O2/c1-8(7-15-2)13-10(14-11)12-6-9-4-3-5-16-9/h8-9H,3-7,11H2,1-2H3,(H2,12,13,14). The maximum absolute atomic E-state index is 5.47. The van der Waals surface area contributed by atoms with Crippen LogP contribution in [0.1, 0.15) is 19.8 Å². The van der Waals surface area contributed by atoms with Crippen molar-refractivity contribution < 1.29 is 9.47 Å². The molecule has 16 heavy (non-hydrogen) atoms. The van der Waals surface area contributed by atoms with Crippen LogP contribution in [0.3, 0.4) is 0 Å². The van der Waals surface area contributed by atoms with Crippen LogP contribution in [0.2, 0.25) is 0 Å². The van der Waals surface area contributed by atoms with E-state index in [9.17, 15) is 0 Å². The molecule has 1 aliphatic heterocycles. The van der Waals surface area contributed by atoms with Crippen LogP contribution >= 0.6 is 0 Å². The molecule has 0 amide bonds. The smallest absolute Gasteiger partial charge is 0.206 e. The van der Waals surface area contributed by atoms with Gasteiger partial charge in [0, 0.05) is 19.8 Å². The summed E-state index contributed by atoms with van der Waals surface area (Å²) in [6.07, 6.45) is 2.44. The SMILES string of the molecule is COCC(C)NC(=NCC1CCCO1)NN. The summed E-state index contributed by atoms with van der Waals surface area (Å²) in [4.78, 5) is 4.34. The van der Waals surface area contributed by atoms with E-state index in [0.29, 0.717) is 19.1 Å². The molecule has 0 aliphatic carbocycles. The predicted molar refractivity (Wildman–Crippen MR) is 63.1 cm³/mol.